The van der Waals surface area contributed by atoms with Crippen molar-refractivity contribution in [3.05, 3.63) is 95.1 Å². The molecule has 0 N–H and O–H groups in total. The fourth-order valence-corrected chi connectivity index (χ4v) is 3.00. The lowest BCUT2D eigenvalue weighted by atomic mass is 9.93. The molecule has 0 bridgehead atoms. The highest BCUT2D eigenvalue weighted by molar-refractivity contribution is 5.79. The molecule has 3 aromatic carbocycles. The number of carbonyl (C=O) groups excluding carboxylic acids is 1. The molecule has 0 heterocycles. The molecule has 0 atom stereocenters. The summed E-state index contributed by atoms with van der Waals surface area (Å²) in [5.74, 6) is 0. The minimum absolute atomic E-state index is 0.625. The lowest BCUT2D eigenvalue weighted by Crippen LogP contribution is -1.95. The Labute approximate surface area is 144 Å². The highest BCUT2D eigenvalue weighted by Gasteiger charge is 2.07. The molecule has 0 aliphatic heterocycles. The summed E-state index contributed by atoms with van der Waals surface area (Å²) in [6, 6.07) is 24.9. The van der Waals surface area contributed by atoms with E-state index in [4.69, 9.17) is 0 Å². The maximum Gasteiger partial charge on any atom is 0.233 e. The van der Waals surface area contributed by atoms with Crippen molar-refractivity contribution >= 4 is 6.29 Å². The molecule has 0 spiro atoms. The third-order valence-corrected chi connectivity index (χ3v) is 4.34. The van der Waals surface area contributed by atoms with Gasteiger partial charge in [0.05, 0.1) is 0 Å². The SMILES string of the molecule is Cc1ccc(CCCc2cc([C]=O)ccc2-c2ccccc2)cc1. The van der Waals surface area contributed by atoms with Gasteiger partial charge >= 0.3 is 0 Å². The second-order valence-electron chi connectivity index (χ2n) is 6.18. The third kappa shape index (κ3) is 3.99. The van der Waals surface area contributed by atoms with Crippen LogP contribution in [0.5, 0.6) is 0 Å². The molecule has 1 nitrogen and oxygen atoms in total. The molecule has 24 heavy (non-hydrogen) atoms. The first-order valence-corrected chi connectivity index (χ1v) is 8.38. The number of aryl methyl sites for hydroxylation is 3. The summed E-state index contributed by atoms with van der Waals surface area (Å²) in [4.78, 5) is 11.0. The number of benzene rings is 3. The van der Waals surface area contributed by atoms with Crippen LogP contribution in [0, 0.1) is 6.92 Å². The Bertz CT molecular complexity index is 801. The number of rotatable bonds is 6. The Balaban J connectivity index is 1.78. The van der Waals surface area contributed by atoms with E-state index >= 15 is 0 Å². The zero-order valence-electron chi connectivity index (χ0n) is 14.0. The van der Waals surface area contributed by atoms with Crippen LogP contribution < -0.4 is 0 Å². The molecule has 0 saturated carbocycles. The molecule has 0 aromatic heterocycles. The Kier molecular flexibility index (Phi) is 5.22. The zero-order chi connectivity index (χ0) is 16.8. The van der Waals surface area contributed by atoms with Crippen LogP contribution >= 0.6 is 0 Å². The average molecular weight is 313 g/mol. The second kappa shape index (κ2) is 7.74. The standard InChI is InChI=1S/C23H21O/c1-18-10-12-19(13-11-18)6-5-9-22-16-20(17-24)14-15-23(22)21-7-3-2-4-8-21/h2-4,7-8,10-16H,5-6,9H2,1H3. The summed E-state index contributed by atoms with van der Waals surface area (Å²) < 4.78 is 0. The van der Waals surface area contributed by atoms with Crippen LogP contribution in [0.25, 0.3) is 11.1 Å². The minimum atomic E-state index is 0.625. The molecule has 119 valence electrons. The van der Waals surface area contributed by atoms with E-state index in [9.17, 15) is 4.79 Å². The first-order valence-electron chi connectivity index (χ1n) is 8.38. The molecular formula is C23H21O. The van der Waals surface area contributed by atoms with Crippen LogP contribution in [-0.2, 0) is 17.6 Å². The predicted octanol–water partition coefficient (Wildman–Crippen LogP) is 5.30. The van der Waals surface area contributed by atoms with Crippen LogP contribution in [0.3, 0.4) is 0 Å². The van der Waals surface area contributed by atoms with Crippen molar-refractivity contribution in [2.24, 2.45) is 0 Å². The van der Waals surface area contributed by atoms with Crippen molar-refractivity contribution in [2.45, 2.75) is 26.2 Å². The normalized spacial score (nSPS) is 10.5. The number of hydrogen-bond acceptors (Lipinski definition) is 1. The van der Waals surface area contributed by atoms with Gasteiger partial charge in [-0.15, -0.1) is 0 Å². The van der Waals surface area contributed by atoms with Gasteiger partial charge in [0.1, 0.15) is 0 Å². The van der Waals surface area contributed by atoms with Gasteiger partial charge in [-0.05, 0) is 54.5 Å². The Morgan fingerprint density at radius 3 is 2.29 bits per heavy atom. The smallest absolute Gasteiger partial charge is 0.233 e. The molecule has 1 heteroatoms. The van der Waals surface area contributed by atoms with Crippen molar-refractivity contribution in [1.29, 1.82) is 0 Å². The Morgan fingerprint density at radius 2 is 1.58 bits per heavy atom. The van der Waals surface area contributed by atoms with Crippen LogP contribution in [0.15, 0.2) is 72.8 Å². The van der Waals surface area contributed by atoms with Crippen LogP contribution in [0.1, 0.15) is 28.7 Å². The summed E-state index contributed by atoms with van der Waals surface area (Å²) in [5.41, 5.74) is 6.90. The fraction of sp³-hybridized carbons (Fsp3) is 0.174. The summed E-state index contributed by atoms with van der Waals surface area (Å²) in [6.07, 6.45) is 5.07. The highest BCUT2D eigenvalue weighted by atomic mass is 16.1. The molecule has 0 aliphatic rings. The van der Waals surface area contributed by atoms with Crippen LogP contribution in [0.4, 0.5) is 0 Å². The molecule has 0 aliphatic carbocycles. The fourth-order valence-electron chi connectivity index (χ4n) is 3.00. The van der Waals surface area contributed by atoms with E-state index in [2.05, 4.69) is 43.3 Å². The quantitative estimate of drug-likeness (QED) is 0.604. The zero-order valence-corrected chi connectivity index (χ0v) is 14.0. The van der Waals surface area contributed by atoms with Crippen molar-refractivity contribution in [2.75, 3.05) is 0 Å². The second-order valence-corrected chi connectivity index (χ2v) is 6.18. The summed E-state index contributed by atoms with van der Waals surface area (Å²) in [7, 11) is 0. The molecule has 0 unspecified atom stereocenters. The van der Waals surface area contributed by atoms with Gasteiger partial charge in [-0.1, -0.05) is 72.3 Å². The average Bonchev–Trinajstić information content (AvgIpc) is 2.64. The van der Waals surface area contributed by atoms with Gasteiger partial charge in [-0.3, -0.25) is 4.79 Å². The lowest BCUT2D eigenvalue weighted by molar-refractivity contribution is 0.562. The lowest BCUT2D eigenvalue weighted by Gasteiger charge is -2.11. The van der Waals surface area contributed by atoms with Gasteiger partial charge < -0.3 is 0 Å². The number of hydrogen-bond donors (Lipinski definition) is 0. The molecule has 3 aromatic rings. The van der Waals surface area contributed by atoms with Crippen LogP contribution in [-0.4, -0.2) is 6.29 Å². The van der Waals surface area contributed by atoms with Gasteiger partial charge in [0.2, 0.25) is 6.29 Å². The molecule has 3 rings (SSSR count). The maximum absolute atomic E-state index is 11.0. The third-order valence-electron chi connectivity index (χ3n) is 4.34. The largest absolute Gasteiger partial charge is 0.285 e. The van der Waals surface area contributed by atoms with E-state index in [0.717, 1.165) is 19.3 Å². The van der Waals surface area contributed by atoms with E-state index in [1.54, 1.807) is 0 Å². The molecule has 0 saturated heterocycles. The molecule has 0 fully saturated rings. The Morgan fingerprint density at radius 1 is 0.833 bits per heavy atom. The summed E-state index contributed by atoms with van der Waals surface area (Å²) >= 11 is 0. The summed E-state index contributed by atoms with van der Waals surface area (Å²) in [6.45, 7) is 2.11. The van der Waals surface area contributed by atoms with Crippen molar-refractivity contribution < 1.29 is 4.79 Å². The molecule has 1 radical (unpaired) electrons. The van der Waals surface area contributed by atoms with E-state index in [1.165, 1.54) is 27.8 Å². The van der Waals surface area contributed by atoms with E-state index < -0.39 is 0 Å². The van der Waals surface area contributed by atoms with E-state index in [0.29, 0.717) is 5.56 Å². The summed E-state index contributed by atoms with van der Waals surface area (Å²) in [5, 5.41) is 0. The maximum atomic E-state index is 11.0. The minimum Gasteiger partial charge on any atom is -0.285 e. The van der Waals surface area contributed by atoms with Crippen molar-refractivity contribution in [3.8, 4) is 11.1 Å². The van der Waals surface area contributed by atoms with Gasteiger partial charge in [0, 0.05) is 5.56 Å². The first kappa shape index (κ1) is 16.2. The highest BCUT2D eigenvalue weighted by Crippen LogP contribution is 2.26. The van der Waals surface area contributed by atoms with Crippen molar-refractivity contribution in [1.82, 2.24) is 0 Å². The Hall–Kier alpha value is -2.67. The monoisotopic (exact) mass is 313 g/mol. The first-order chi connectivity index (χ1) is 11.8. The van der Waals surface area contributed by atoms with E-state index in [-0.39, 0.29) is 0 Å². The topological polar surface area (TPSA) is 17.1 Å². The predicted molar refractivity (Wildman–Crippen MR) is 99.9 cm³/mol. The van der Waals surface area contributed by atoms with Crippen LogP contribution in [0.2, 0.25) is 0 Å². The van der Waals surface area contributed by atoms with Gasteiger partial charge in [-0.25, -0.2) is 0 Å². The molecule has 0 amide bonds. The van der Waals surface area contributed by atoms with Crippen molar-refractivity contribution in [3.63, 3.8) is 0 Å². The van der Waals surface area contributed by atoms with E-state index in [1.807, 2.05) is 42.7 Å². The van der Waals surface area contributed by atoms with Gasteiger partial charge in [0.15, 0.2) is 0 Å². The van der Waals surface area contributed by atoms with Gasteiger partial charge in [-0.2, -0.15) is 0 Å². The van der Waals surface area contributed by atoms with Gasteiger partial charge in [0.25, 0.3) is 0 Å². The molecular weight excluding hydrogens is 292 g/mol.